The predicted molar refractivity (Wildman–Crippen MR) is 72.6 cm³/mol. The molecule has 0 unspecified atom stereocenters. The molecule has 86 valence electrons. The topological polar surface area (TPSA) is 21.3 Å². The number of ether oxygens (including phenoxy) is 1. The van der Waals surface area contributed by atoms with E-state index in [0.29, 0.717) is 0 Å². The Labute approximate surface area is 105 Å². The molecule has 3 heteroatoms. The molecular formula is C14H13NOS. The number of benzene rings is 2. The fourth-order valence-electron chi connectivity index (χ4n) is 1.90. The fourth-order valence-corrected chi connectivity index (χ4v) is 2.67. The van der Waals surface area contributed by atoms with Gasteiger partial charge in [0.25, 0.3) is 0 Å². The van der Waals surface area contributed by atoms with Gasteiger partial charge in [-0.25, -0.2) is 0 Å². The molecule has 17 heavy (non-hydrogen) atoms. The molecule has 0 bridgehead atoms. The number of thioether (sulfide) groups is 1. The molecule has 3 rings (SSSR count). The van der Waals surface area contributed by atoms with Gasteiger partial charge in [0.2, 0.25) is 0 Å². The van der Waals surface area contributed by atoms with Gasteiger partial charge >= 0.3 is 0 Å². The molecule has 0 radical (unpaired) electrons. The number of rotatable bonds is 2. The number of nitrogens with one attached hydrogen (secondary N) is 1. The van der Waals surface area contributed by atoms with Crippen molar-refractivity contribution >= 4 is 23.1 Å². The van der Waals surface area contributed by atoms with Gasteiger partial charge in [-0.05, 0) is 30.0 Å². The van der Waals surface area contributed by atoms with E-state index in [0.717, 1.165) is 28.6 Å². The molecule has 1 N–H and O–H groups in total. The third-order valence-corrected chi connectivity index (χ3v) is 3.57. The van der Waals surface area contributed by atoms with E-state index in [1.165, 1.54) is 4.90 Å². The van der Waals surface area contributed by atoms with Crippen LogP contribution in [0.3, 0.4) is 0 Å². The fraction of sp³-hybridized carbons (Fsp3) is 0.143. The van der Waals surface area contributed by atoms with E-state index < -0.39 is 0 Å². The molecule has 0 aromatic heterocycles. The second-order valence-electron chi connectivity index (χ2n) is 3.79. The smallest absolute Gasteiger partial charge is 0.164 e. The maximum absolute atomic E-state index is 5.98. The highest BCUT2D eigenvalue weighted by Gasteiger charge is 2.18. The first-order valence-electron chi connectivity index (χ1n) is 5.68. The lowest BCUT2D eigenvalue weighted by atomic mass is 10.2. The number of fused-ring (bicyclic) bond motifs is 2. The van der Waals surface area contributed by atoms with Gasteiger partial charge in [-0.15, -0.1) is 11.8 Å². The standard InChI is InChI=1S/C14H13NOS/c1-2-17-13-9-5-7-11-14(13)16-12-8-4-3-6-10(12)15-11/h3-9,15H,2H2,1H3. The molecule has 0 atom stereocenters. The van der Waals surface area contributed by atoms with E-state index >= 15 is 0 Å². The van der Waals surface area contributed by atoms with Gasteiger partial charge < -0.3 is 10.1 Å². The van der Waals surface area contributed by atoms with Crippen molar-refractivity contribution in [3.8, 4) is 11.5 Å². The van der Waals surface area contributed by atoms with E-state index in [2.05, 4.69) is 24.4 Å². The summed E-state index contributed by atoms with van der Waals surface area (Å²) in [4.78, 5) is 1.19. The number of para-hydroxylation sites is 3. The summed E-state index contributed by atoms with van der Waals surface area (Å²) in [5, 5.41) is 3.40. The zero-order valence-electron chi connectivity index (χ0n) is 9.57. The van der Waals surface area contributed by atoms with E-state index in [9.17, 15) is 0 Å². The van der Waals surface area contributed by atoms with E-state index in [1.807, 2.05) is 30.3 Å². The molecule has 0 spiro atoms. The molecule has 1 aliphatic heterocycles. The first-order chi connectivity index (χ1) is 8.38. The summed E-state index contributed by atoms with van der Waals surface area (Å²) in [5.41, 5.74) is 2.07. The summed E-state index contributed by atoms with van der Waals surface area (Å²) >= 11 is 1.80. The van der Waals surface area contributed by atoms with Gasteiger partial charge in [-0.2, -0.15) is 0 Å². The zero-order valence-corrected chi connectivity index (χ0v) is 10.4. The van der Waals surface area contributed by atoms with Crippen LogP contribution in [0.4, 0.5) is 11.4 Å². The van der Waals surface area contributed by atoms with Crippen LogP contribution in [-0.2, 0) is 0 Å². The van der Waals surface area contributed by atoms with Crippen molar-refractivity contribution < 1.29 is 4.74 Å². The minimum Gasteiger partial charge on any atom is -0.452 e. The Hall–Kier alpha value is -1.61. The summed E-state index contributed by atoms with van der Waals surface area (Å²) in [6.07, 6.45) is 0. The van der Waals surface area contributed by atoms with Crippen LogP contribution >= 0.6 is 11.8 Å². The summed E-state index contributed by atoms with van der Waals surface area (Å²) in [5.74, 6) is 2.88. The van der Waals surface area contributed by atoms with Crippen LogP contribution in [-0.4, -0.2) is 5.75 Å². The maximum Gasteiger partial charge on any atom is 0.164 e. The van der Waals surface area contributed by atoms with Gasteiger partial charge in [-0.1, -0.05) is 25.1 Å². The second kappa shape index (κ2) is 4.34. The molecule has 2 aromatic rings. The Morgan fingerprint density at radius 1 is 1.06 bits per heavy atom. The highest BCUT2D eigenvalue weighted by atomic mass is 32.2. The average Bonchev–Trinajstić information content (AvgIpc) is 2.37. The van der Waals surface area contributed by atoms with Crippen molar-refractivity contribution in [1.29, 1.82) is 0 Å². The normalized spacial score (nSPS) is 12.1. The largest absolute Gasteiger partial charge is 0.452 e. The third kappa shape index (κ3) is 1.87. The van der Waals surface area contributed by atoms with Crippen LogP contribution in [0.5, 0.6) is 11.5 Å². The van der Waals surface area contributed by atoms with E-state index in [4.69, 9.17) is 4.74 Å². The molecule has 1 heterocycles. The lowest BCUT2D eigenvalue weighted by Crippen LogP contribution is -2.03. The quantitative estimate of drug-likeness (QED) is 0.662. The summed E-state index contributed by atoms with van der Waals surface area (Å²) < 4.78 is 5.98. The van der Waals surface area contributed by atoms with Crippen molar-refractivity contribution in [2.45, 2.75) is 11.8 Å². The first-order valence-corrected chi connectivity index (χ1v) is 6.67. The molecule has 0 fully saturated rings. The third-order valence-electron chi connectivity index (χ3n) is 2.65. The van der Waals surface area contributed by atoms with Crippen LogP contribution in [0.25, 0.3) is 0 Å². The highest BCUT2D eigenvalue weighted by Crippen LogP contribution is 2.46. The first kappa shape index (κ1) is 10.5. The lowest BCUT2D eigenvalue weighted by molar-refractivity contribution is 0.469. The number of anilines is 2. The highest BCUT2D eigenvalue weighted by molar-refractivity contribution is 7.99. The van der Waals surface area contributed by atoms with Gasteiger partial charge in [0.15, 0.2) is 11.5 Å². The SMILES string of the molecule is CCSc1cccc2c1Oc1ccccc1N2. The summed E-state index contributed by atoms with van der Waals surface area (Å²) in [7, 11) is 0. The number of hydrogen-bond donors (Lipinski definition) is 1. The van der Waals surface area contributed by atoms with Crippen molar-refractivity contribution in [3.63, 3.8) is 0 Å². The van der Waals surface area contributed by atoms with Crippen molar-refractivity contribution in [3.05, 3.63) is 42.5 Å². The Balaban J connectivity index is 2.05. The van der Waals surface area contributed by atoms with Gasteiger partial charge in [0, 0.05) is 0 Å². The van der Waals surface area contributed by atoms with Gasteiger partial charge in [0.1, 0.15) is 0 Å². The van der Waals surface area contributed by atoms with Crippen molar-refractivity contribution in [2.24, 2.45) is 0 Å². The molecule has 2 nitrogen and oxygen atoms in total. The van der Waals surface area contributed by atoms with Crippen LogP contribution in [0.1, 0.15) is 6.92 Å². The predicted octanol–water partition coefficient (Wildman–Crippen LogP) is 4.65. The lowest BCUT2D eigenvalue weighted by Gasteiger charge is -2.23. The van der Waals surface area contributed by atoms with Crippen LogP contribution < -0.4 is 10.1 Å². The van der Waals surface area contributed by atoms with Crippen LogP contribution in [0, 0.1) is 0 Å². The molecule has 0 aliphatic carbocycles. The Kier molecular flexibility index (Phi) is 2.69. The molecule has 0 saturated heterocycles. The molecular weight excluding hydrogens is 230 g/mol. The van der Waals surface area contributed by atoms with Crippen LogP contribution in [0.15, 0.2) is 47.4 Å². The zero-order chi connectivity index (χ0) is 11.7. The van der Waals surface area contributed by atoms with Gasteiger partial charge in [0.05, 0.1) is 16.3 Å². The van der Waals surface area contributed by atoms with Crippen molar-refractivity contribution in [2.75, 3.05) is 11.1 Å². The summed E-state index contributed by atoms with van der Waals surface area (Å²) in [6, 6.07) is 14.2. The average molecular weight is 243 g/mol. The maximum atomic E-state index is 5.98. The Bertz CT molecular complexity index is 554. The van der Waals surface area contributed by atoms with Crippen molar-refractivity contribution in [1.82, 2.24) is 0 Å². The summed E-state index contributed by atoms with van der Waals surface area (Å²) in [6.45, 7) is 2.15. The van der Waals surface area contributed by atoms with Crippen LogP contribution in [0.2, 0.25) is 0 Å². The van der Waals surface area contributed by atoms with Gasteiger partial charge in [-0.3, -0.25) is 0 Å². The van der Waals surface area contributed by atoms with E-state index in [-0.39, 0.29) is 0 Å². The minimum absolute atomic E-state index is 0.893. The second-order valence-corrected chi connectivity index (χ2v) is 5.09. The Morgan fingerprint density at radius 2 is 1.88 bits per heavy atom. The molecule has 0 saturated carbocycles. The molecule has 0 amide bonds. The molecule has 1 aliphatic rings. The number of hydrogen-bond acceptors (Lipinski definition) is 3. The Morgan fingerprint density at radius 3 is 2.76 bits per heavy atom. The molecule has 2 aromatic carbocycles. The monoisotopic (exact) mass is 243 g/mol. The minimum atomic E-state index is 0.893. The van der Waals surface area contributed by atoms with E-state index in [1.54, 1.807) is 11.8 Å².